The van der Waals surface area contributed by atoms with Crippen LogP contribution < -0.4 is 11.3 Å². The summed E-state index contributed by atoms with van der Waals surface area (Å²) >= 11 is 0. The number of ether oxygens (including phenoxy) is 1. The van der Waals surface area contributed by atoms with Gasteiger partial charge in [-0.3, -0.25) is 0 Å². The Labute approximate surface area is 121 Å². The van der Waals surface area contributed by atoms with Crippen LogP contribution in [-0.4, -0.2) is 17.1 Å². The van der Waals surface area contributed by atoms with E-state index in [4.69, 9.17) is 10.6 Å². The molecule has 1 atom stereocenters. The first kappa shape index (κ1) is 15.2. The molecule has 1 saturated carbocycles. The van der Waals surface area contributed by atoms with Crippen LogP contribution in [0.25, 0.3) is 0 Å². The monoisotopic (exact) mass is 278 g/mol. The molecule has 0 radical (unpaired) electrons. The molecular weight excluding hydrogens is 252 g/mol. The van der Waals surface area contributed by atoms with Gasteiger partial charge in [0, 0.05) is 18.9 Å². The van der Waals surface area contributed by atoms with Gasteiger partial charge in [-0.05, 0) is 25.2 Å². The topological polar surface area (TPSA) is 73.1 Å². The predicted molar refractivity (Wildman–Crippen MR) is 80.2 cm³/mol. The SMILES string of the molecule is CCCc1cc(NN)nc(C(OC)C2CCCCC2)n1. The van der Waals surface area contributed by atoms with Crippen molar-refractivity contribution < 1.29 is 4.74 Å². The second-order valence-corrected chi connectivity index (χ2v) is 5.55. The maximum Gasteiger partial charge on any atom is 0.160 e. The molecule has 1 aromatic heterocycles. The Morgan fingerprint density at radius 1 is 1.35 bits per heavy atom. The van der Waals surface area contributed by atoms with E-state index in [0.717, 1.165) is 24.4 Å². The van der Waals surface area contributed by atoms with Crippen LogP contribution in [0, 0.1) is 5.92 Å². The summed E-state index contributed by atoms with van der Waals surface area (Å²) in [5.74, 6) is 7.50. The van der Waals surface area contributed by atoms with Crippen LogP contribution in [0.5, 0.6) is 0 Å². The van der Waals surface area contributed by atoms with Gasteiger partial charge in [-0.25, -0.2) is 15.8 Å². The van der Waals surface area contributed by atoms with Crippen molar-refractivity contribution in [2.75, 3.05) is 12.5 Å². The first-order valence-corrected chi connectivity index (χ1v) is 7.65. The van der Waals surface area contributed by atoms with Crippen molar-refractivity contribution in [1.82, 2.24) is 9.97 Å². The summed E-state index contributed by atoms with van der Waals surface area (Å²) in [6.07, 6.45) is 8.27. The quantitative estimate of drug-likeness (QED) is 0.618. The molecule has 3 N–H and O–H groups in total. The van der Waals surface area contributed by atoms with Crippen molar-refractivity contribution in [3.05, 3.63) is 17.6 Å². The molecule has 20 heavy (non-hydrogen) atoms. The third kappa shape index (κ3) is 3.67. The third-order valence-corrected chi connectivity index (χ3v) is 4.04. The van der Waals surface area contributed by atoms with E-state index in [1.807, 2.05) is 6.07 Å². The zero-order valence-corrected chi connectivity index (χ0v) is 12.6. The van der Waals surface area contributed by atoms with Crippen LogP contribution in [0.4, 0.5) is 5.82 Å². The van der Waals surface area contributed by atoms with Gasteiger partial charge in [0.1, 0.15) is 11.9 Å². The van der Waals surface area contributed by atoms with Crippen molar-refractivity contribution in [3.8, 4) is 0 Å². The number of anilines is 1. The fourth-order valence-corrected chi connectivity index (χ4v) is 3.05. The maximum atomic E-state index is 5.71. The molecule has 1 heterocycles. The molecule has 0 spiro atoms. The van der Waals surface area contributed by atoms with Crippen molar-refractivity contribution in [2.24, 2.45) is 11.8 Å². The number of rotatable bonds is 6. The zero-order chi connectivity index (χ0) is 14.4. The maximum absolute atomic E-state index is 5.71. The number of hydrogen-bond donors (Lipinski definition) is 2. The highest BCUT2D eigenvalue weighted by Crippen LogP contribution is 2.35. The minimum absolute atomic E-state index is 0.0146. The smallest absolute Gasteiger partial charge is 0.160 e. The van der Waals surface area contributed by atoms with Gasteiger partial charge in [-0.15, -0.1) is 0 Å². The van der Waals surface area contributed by atoms with Gasteiger partial charge < -0.3 is 10.2 Å². The molecule has 1 aliphatic carbocycles. The van der Waals surface area contributed by atoms with E-state index in [2.05, 4.69) is 22.3 Å². The molecule has 0 aliphatic heterocycles. The lowest BCUT2D eigenvalue weighted by Crippen LogP contribution is -2.22. The molecular formula is C15H26N4O. The average Bonchev–Trinajstić information content (AvgIpc) is 2.49. The summed E-state index contributed by atoms with van der Waals surface area (Å²) in [7, 11) is 1.75. The number of nitrogen functional groups attached to an aromatic ring is 1. The van der Waals surface area contributed by atoms with Gasteiger partial charge in [0.25, 0.3) is 0 Å². The van der Waals surface area contributed by atoms with Gasteiger partial charge in [0.05, 0.1) is 0 Å². The Bertz CT molecular complexity index is 418. The largest absolute Gasteiger partial charge is 0.373 e. The Kier molecular flexibility index (Phi) is 5.73. The second-order valence-electron chi connectivity index (χ2n) is 5.55. The van der Waals surface area contributed by atoms with Crippen LogP contribution >= 0.6 is 0 Å². The number of nitrogens with two attached hydrogens (primary N) is 1. The van der Waals surface area contributed by atoms with Gasteiger partial charge in [0.2, 0.25) is 0 Å². The minimum Gasteiger partial charge on any atom is -0.373 e. The Morgan fingerprint density at radius 2 is 2.10 bits per heavy atom. The third-order valence-electron chi connectivity index (χ3n) is 4.04. The highest BCUT2D eigenvalue weighted by molar-refractivity contribution is 5.35. The molecule has 1 fully saturated rings. The number of hydrogen-bond acceptors (Lipinski definition) is 5. The molecule has 0 aromatic carbocycles. The summed E-state index contributed by atoms with van der Waals surface area (Å²) < 4.78 is 5.71. The van der Waals surface area contributed by atoms with E-state index < -0.39 is 0 Å². The van der Waals surface area contributed by atoms with Gasteiger partial charge >= 0.3 is 0 Å². The standard InChI is InChI=1S/C15H26N4O/c1-3-7-12-10-13(19-16)18-15(17-12)14(20-2)11-8-5-4-6-9-11/h10-11,14H,3-9,16H2,1-2H3,(H,17,18,19). The van der Waals surface area contributed by atoms with Crippen LogP contribution in [0.3, 0.4) is 0 Å². The fraction of sp³-hybridized carbons (Fsp3) is 0.733. The highest BCUT2D eigenvalue weighted by Gasteiger charge is 2.27. The van der Waals surface area contributed by atoms with Crippen LogP contribution in [0.15, 0.2) is 6.07 Å². The lowest BCUT2D eigenvalue weighted by atomic mass is 9.85. The van der Waals surface area contributed by atoms with Crippen LogP contribution in [0.2, 0.25) is 0 Å². The number of aryl methyl sites for hydroxylation is 1. The van der Waals surface area contributed by atoms with E-state index in [9.17, 15) is 0 Å². The van der Waals surface area contributed by atoms with E-state index in [0.29, 0.717) is 11.7 Å². The molecule has 5 nitrogen and oxygen atoms in total. The summed E-state index contributed by atoms with van der Waals surface area (Å²) in [6.45, 7) is 2.15. The molecule has 112 valence electrons. The van der Waals surface area contributed by atoms with Crippen molar-refractivity contribution in [1.29, 1.82) is 0 Å². The zero-order valence-electron chi connectivity index (χ0n) is 12.6. The molecule has 1 unspecified atom stereocenters. The first-order valence-electron chi connectivity index (χ1n) is 7.65. The fourth-order valence-electron chi connectivity index (χ4n) is 3.05. The lowest BCUT2D eigenvalue weighted by molar-refractivity contribution is 0.0288. The Morgan fingerprint density at radius 3 is 2.70 bits per heavy atom. The molecule has 2 rings (SSSR count). The van der Waals surface area contributed by atoms with Crippen LogP contribution in [-0.2, 0) is 11.2 Å². The predicted octanol–water partition coefficient (Wildman–Crippen LogP) is 2.98. The van der Waals surface area contributed by atoms with E-state index in [-0.39, 0.29) is 6.10 Å². The van der Waals surface area contributed by atoms with Gasteiger partial charge in [-0.2, -0.15) is 0 Å². The Hall–Kier alpha value is -1.20. The Balaban J connectivity index is 2.24. The summed E-state index contributed by atoms with van der Waals surface area (Å²) in [5.41, 5.74) is 3.67. The summed E-state index contributed by atoms with van der Waals surface area (Å²) in [6, 6.07) is 1.92. The number of nitrogens with one attached hydrogen (secondary N) is 1. The molecule has 0 amide bonds. The molecule has 5 heteroatoms. The summed E-state index contributed by atoms with van der Waals surface area (Å²) in [4.78, 5) is 9.19. The van der Waals surface area contributed by atoms with Gasteiger partial charge in [0.15, 0.2) is 5.82 Å². The number of aromatic nitrogens is 2. The number of nitrogens with zero attached hydrogens (tertiary/aromatic N) is 2. The van der Waals surface area contributed by atoms with Crippen molar-refractivity contribution in [2.45, 2.75) is 58.0 Å². The minimum atomic E-state index is -0.0146. The van der Waals surface area contributed by atoms with Crippen molar-refractivity contribution in [3.63, 3.8) is 0 Å². The van der Waals surface area contributed by atoms with E-state index >= 15 is 0 Å². The summed E-state index contributed by atoms with van der Waals surface area (Å²) in [5, 5.41) is 0. The molecule has 0 saturated heterocycles. The second kappa shape index (κ2) is 7.55. The normalized spacial score (nSPS) is 17.9. The lowest BCUT2D eigenvalue weighted by Gasteiger charge is -2.28. The van der Waals surface area contributed by atoms with E-state index in [1.165, 1.54) is 32.1 Å². The van der Waals surface area contributed by atoms with Crippen LogP contribution in [0.1, 0.15) is 63.1 Å². The average molecular weight is 278 g/mol. The highest BCUT2D eigenvalue weighted by atomic mass is 16.5. The molecule has 0 bridgehead atoms. The molecule has 1 aromatic rings. The number of methoxy groups -OCH3 is 1. The first-order chi connectivity index (χ1) is 9.78. The van der Waals surface area contributed by atoms with Gasteiger partial charge in [-0.1, -0.05) is 32.6 Å². The molecule has 1 aliphatic rings. The number of hydrazine groups is 1. The van der Waals surface area contributed by atoms with Crippen molar-refractivity contribution >= 4 is 5.82 Å². The van der Waals surface area contributed by atoms with E-state index in [1.54, 1.807) is 7.11 Å².